The number of nitrogens with zero attached hydrogens (tertiary/aromatic N) is 1. The summed E-state index contributed by atoms with van der Waals surface area (Å²) in [5.41, 5.74) is 0. The lowest BCUT2D eigenvalue weighted by Crippen LogP contribution is -2.48. The SMILES string of the molecule is CC1CC(N(CC(=O)O)CC(=O)O)CC(C)O1. The third-order valence-electron chi connectivity index (χ3n) is 2.87. The molecule has 0 amide bonds. The molecule has 1 aliphatic rings. The minimum absolute atomic E-state index is 0.0360. The van der Waals surface area contributed by atoms with Gasteiger partial charge in [0, 0.05) is 6.04 Å². The second kappa shape index (κ2) is 5.97. The lowest BCUT2D eigenvalue weighted by molar-refractivity contribution is -0.145. The molecule has 0 spiro atoms. The maximum absolute atomic E-state index is 10.7. The second-order valence-electron chi connectivity index (χ2n) is 4.58. The zero-order valence-corrected chi connectivity index (χ0v) is 10.1. The standard InChI is InChI=1S/C11H19NO5/c1-7-3-9(4-8(2)17-7)12(5-10(13)14)6-11(15)16/h7-9H,3-6H2,1-2H3,(H,13,14)(H,15,16). The Morgan fingerprint density at radius 3 is 1.88 bits per heavy atom. The molecule has 0 aliphatic carbocycles. The molecule has 6 heteroatoms. The minimum atomic E-state index is -1.00. The molecule has 17 heavy (non-hydrogen) atoms. The highest BCUT2D eigenvalue weighted by molar-refractivity contribution is 5.72. The zero-order chi connectivity index (χ0) is 13.0. The van der Waals surface area contributed by atoms with Gasteiger partial charge in [0.05, 0.1) is 25.3 Å². The molecule has 2 atom stereocenters. The Morgan fingerprint density at radius 1 is 1.12 bits per heavy atom. The molecule has 1 heterocycles. The normalized spacial score (nSPS) is 29.2. The fourth-order valence-corrected chi connectivity index (χ4v) is 2.33. The van der Waals surface area contributed by atoms with Gasteiger partial charge in [0.25, 0.3) is 0 Å². The van der Waals surface area contributed by atoms with Crippen LogP contribution in [0.3, 0.4) is 0 Å². The van der Waals surface area contributed by atoms with E-state index in [2.05, 4.69) is 0 Å². The number of rotatable bonds is 5. The average Bonchev–Trinajstić information content (AvgIpc) is 2.13. The summed E-state index contributed by atoms with van der Waals surface area (Å²) in [5, 5.41) is 17.6. The van der Waals surface area contributed by atoms with Gasteiger partial charge in [0.15, 0.2) is 0 Å². The first-order valence-corrected chi connectivity index (χ1v) is 5.71. The van der Waals surface area contributed by atoms with E-state index < -0.39 is 11.9 Å². The van der Waals surface area contributed by atoms with E-state index in [1.807, 2.05) is 13.8 Å². The first kappa shape index (κ1) is 13.9. The molecule has 0 aromatic carbocycles. The van der Waals surface area contributed by atoms with Gasteiger partial charge in [0.2, 0.25) is 0 Å². The van der Waals surface area contributed by atoms with Crippen LogP contribution in [0, 0.1) is 0 Å². The fourth-order valence-electron chi connectivity index (χ4n) is 2.33. The smallest absolute Gasteiger partial charge is 0.317 e. The van der Waals surface area contributed by atoms with Crippen LogP contribution in [0.5, 0.6) is 0 Å². The summed E-state index contributed by atoms with van der Waals surface area (Å²) in [5.74, 6) is -2.00. The van der Waals surface area contributed by atoms with Gasteiger partial charge >= 0.3 is 11.9 Å². The Morgan fingerprint density at radius 2 is 1.53 bits per heavy atom. The van der Waals surface area contributed by atoms with Crippen molar-refractivity contribution in [1.82, 2.24) is 4.90 Å². The maximum Gasteiger partial charge on any atom is 0.317 e. The van der Waals surface area contributed by atoms with Gasteiger partial charge in [-0.2, -0.15) is 0 Å². The third kappa shape index (κ3) is 4.70. The number of hydrogen-bond acceptors (Lipinski definition) is 4. The molecule has 1 aliphatic heterocycles. The van der Waals surface area contributed by atoms with Crippen LogP contribution in [-0.4, -0.2) is 58.4 Å². The van der Waals surface area contributed by atoms with Crippen LogP contribution in [0.25, 0.3) is 0 Å². The molecular formula is C11H19NO5. The molecule has 0 aromatic heterocycles. The molecule has 6 nitrogen and oxygen atoms in total. The van der Waals surface area contributed by atoms with Gasteiger partial charge in [-0.05, 0) is 26.7 Å². The largest absolute Gasteiger partial charge is 0.480 e. The second-order valence-corrected chi connectivity index (χ2v) is 4.58. The lowest BCUT2D eigenvalue weighted by atomic mass is 9.98. The summed E-state index contributed by atoms with van der Waals surface area (Å²) in [6, 6.07) is -0.0408. The average molecular weight is 245 g/mol. The molecule has 2 N–H and O–H groups in total. The summed E-state index contributed by atoms with van der Waals surface area (Å²) >= 11 is 0. The fraction of sp³-hybridized carbons (Fsp3) is 0.818. The number of carbonyl (C=O) groups is 2. The highest BCUT2D eigenvalue weighted by Gasteiger charge is 2.30. The van der Waals surface area contributed by atoms with Crippen molar-refractivity contribution in [1.29, 1.82) is 0 Å². The summed E-state index contributed by atoms with van der Waals surface area (Å²) in [7, 11) is 0. The van der Waals surface area contributed by atoms with Gasteiger partial charge in [-0.15, -0.1) is 0 Å². The van der Waals surface area contributed by atoms with Gasteiger partial charge < -0.3 is 14.9 Å². The van der Waals surface area contributed by atoms with Crippen LogP contribution in [-0.2, 0) is 14.3 Å². The molecular weight excluding hydrogens is 226 g/mol. The predicted octanol–water partition coefficient (Wildman–Crippen LogP) is 0.414. The van der Waals surface area contributed by atoms with Crippen LogP contribution in [0.4, 0.5) is 0 Å². The molecule has 0 aromatic rings. The summed E-state index contributed by atoms with van der Waals surface area (Å²) in [6.45, 7) is 3.36. The monoisotopic (exact) mass is 245 g/mol. The highest BCUT2D eigenvalue weighted by atomic mass is 16.5. The molecule has 1 saturated heterocycles. The van der Waals surface area contributed by atoms with E-state index in [1.165, 1.54) is 4.90 Å². The van der Waals surface area contributed by atoms with Crippen molar-refractivity contribution < 1.29 is 24.5 Å². The van der Waals surface area contributed by atoms with Crippen molar-refractivity contribution in [3.8, 4) is 0 Å². The third-order valence-corrected chi connectivity index (χ3v) is 2.87. The van der Waals surface area contributed by atoms with E-state index in [0.717, 1.165) is 0 Å². The van der Waals surface area contributed by atoms with Crippen LogP contribution >= 0.6 is 0 Å². The van der Waals surface area contributed by atoms with Crippen LogP contribution < -0.4 is 0 Å². The van der Waals surface area contributed by atoms with Crippen LogP contribution in [0.2, 0.25) is 0 Å². The van der Waals surface area contributed by atoms with Crippen LogP contribution in [0.1, 0.15) is 26.7 Å². The Kier molecular flexibility index (Phi) is 4.89. The first-order chi connectivity index (χ1) is 7.88. The van der Waals surface area contributed by atoms with Crippen molar-refractivity contribution in [3.05, 3.63) is 0 Å². The first-order valence-electron chi connectivity index (χ1n) is 5.71. The Bertz CT molecular complexity index is 268. The Hall–Kier alpha value is -1.14. The topological polar surface area (TPSA) is 87.1 Å². The number of aliphatic carboxylic acids is 2. The van der Waals surface area contributed by atoms with Crippen molar-refractivity contribution >= 4 is 11.9 Å². The molecule has 0 saturated carbocycles. The van der Waals surface area contributed by atoms with Crippen molar-refractivity contribution in [3.63, 3.8) is 0 Å². The molecule has 0 radical (unpaired) electrons. The molecule has 1 fully saturated rings. The molecule has 0 bridgehead atoms. The molecule has 98 valence electrons. The van der Waals surface area contributed by atoms with Gasteiger partial charge in [-0.1, -0.05) is 0 Å². The van der Waals surface area contributed by atoms with E-state index in [1.54, 1.807) is 0 Å². The summed E-state index contributed by atoms with van der Waals surface area (Å²) in [4.78, 5) is 23.0. The van der Waals surface area contributed by atoms with E-state index in [-0.39, 0.29) is 31.3 Å². The number of ether oxygens (including phenoxy) is 1. The Balaban J connectivity index is 2.66. The highest BCUT2D eigenvalue weighted by Crippen LogP contribution is 2.23. The zero-order valence-electron chi connectivity index (χ0n) is 10.1. The van der Waals surface area contributed by atoms with Gasteiger partial charge in [-0.25, -0.2) is 0 Å². The van der Waals surface area contributed by atoms with E-state index in [0.29, 0.717) is 12.8 Å². The van der Waals surface area contributed by atoms with Crippen LogP contribution in [0.15, 0.2) is 0 Å². The quantitative estimate of drug-likeness (QED) is 0.729. The lowest BCUT2D eigenvalue weighted by Gasteiger charge is -2.37. The number of carboxylic acids is 2. The summed E-state index contributed by atoms with van der Waals surface area (Å²) in [6.07, 6.45) is 1.41. The van der Waals surface area contributed by atoms with Crippen molar-refractivity contribution in [2.45, 2.75) is 44.9 Å². The molecule has 2 unspecified atom stereocenters. The summed E-state index contributed by atoms with van der Waals surface area (Å²) < 4.78 is 5.55. The molecule has 1 rings (SSSR count). The Labute approximate surface area is 100 Å². The van der Waals surface area contributed by atoms with Gasteiger partial charge in [-0.3, -0.25) is 14.5 Å². The number of carboxylic acid groups (broad SMARTS) is 2. The predicted molar refractivity (Wildman–Crippen MR) is 59.9 cm³/mol. The van der Waals surface area contributed by atoms with Crippen molar-refractivity contribution in [2.75, 3.05) is 13.1 Å². The van der Waals surface area contributed by atoms with E-state index in [9.17, 15) is 9.59 Å². The minimum Gasteiger partial charge on any atom is -0.480 e. The van der Waals surface area contributed by atoms with E-state index >= 15 is 0 Å². The van der Waals surface area contributed by atoms with Gasteiger partial charge in [0.1, 0.15) is 0 Å². The van der Waals surface area contributed by atoms with Crippen molar-refractivity contribution in [2.24, 2.45) is 0 Å². The van der Waals surface area contributed by atoms with E-state index in [4.69, 9.17) is 14.9 Å². The maximum atomic E-state index is 10.7. The number of hydrogen-bond donors (Lipinski definition) is 2.